The highest BCUT2D eigenvalue weighted by Gasteiger charge is 2.31. The molecule has 1 aliphatic rings. The molecule has 0 bridgehead atoms. The zero-order valence-electron chi connectivity index (χ0n) is 25.0. The number of aromatic nitrogens is 3. The highest BCUT2D eigenvalue weighted by atomic mass is 35.5. The summed E-state index contributed by atoms with van der Waals surface area (Å²) in [6, 6.07) is 12.8. The molecule has 1 fully saturated rings. The third-order valence-electron chi connectivity index (χ3n) is 7.29. The van der Waals surface area contributed by atoms with E-state index in [2.05, 4.69) is 34.2 Å². The molecule has 1 saturated heterocycles. The van der Waals surface area contributed by atoms with Crippen molar-refractivity contribution in [2.24, 2.45) is 10.4 Å². The number of amides is 1. The van der Waals surface area contributed by atoms with E-state index in [1.54, 1.807) is 30.5 Å². The fourth-order valence-electron chi connectivity index (χ4n) is 5.03. The van der Waals surface area contributed by atoms with Crippen molar-refractivity contribution in [3.05, 3.63) is 88.5 Å². The van der Waals surface area contributed by atoms with E-state index in [0.29, 0.717) is 48.8 Å². The van der Waals surface area contributed by atoms with E-state index in [9.17, 15) is 9.59 Å². The molecule has 1 amide bonds. The molecule has 3 heterocycles. The van der Waals surface area contributed by atoms with Crippen molar-refractivity contribution in [2.45, 2.75) is 60.4 Å². The van der Waals surface area contributed by atoms with Crippen LogP contribution in [0.15, 0.2) is 82.8 Å². The summed E-state index contributed by atoms with van der Waals surface area (Å²) in [6.07, 6.45) is 8.96. The SMILES string of the molecule is CC/C(C)=C(/N=CNc1cccc(Cl)c1)C(=O)/C=C1\CCN(C(=O)c2cccc(-c3cnn(CC)c3)n2)CC(C)(C)C1. The molecular formula is C33H39ClN6O2. The third kappa shape index (κ3) is 8.03. The quantitative estimate of drug-likeness (QED) is 0.163. The third-order valence-corrected chi connectivity index (χ3v) is 7.52. The predicted molar refractivity (Wildman–Crippen MR) is 170 cm³/mol. The van der Waals surface area contributed by atoms with Crippen molar-refractivity contribution < 1.29 is 9.59 Å². The van der Waals surface area contributed by atoms with Crippen molar-refractivity contribution in [2.75, 3.05) is 18.4 Å². The predicted octanol–water partition coefficient (Wildman–Crippen LogP) is 7.20. The van der Waals surface area contributed by atoms with Gasteiger partial charge in [0.25, 0.3) is 5.91 Å². The van der Waals surface area contributed by atoms with Crippen molar-refractivity contribution in [1.29, 1.82) is 0 Å². The number of nitrogens with one attached hydrogen (secondary N) is 1. The molecule has 4 rings (SSSR count). The Morgan fingerprint density at radius 3 is 2.67 bits per heavy atom. The Balaban J connectivity index is 1.50. The molecule has 220 valence electrons. The van der Waals surface area contributed by atoms with Crippen LogP contribution in [0.3, 0.4) is 0 Å². The zero-order valence-corrected chi connectivity index (χ0v) is 25.8. The number of halogens is 1. The number of anilines is 1. The fourth-order valence-corrected chi connectivity index (χ4v) is 5.22. The van der Waals surface area contributed by atoms with Crippen LogP contribution in [0.2, 0.25) is 5.02 Å². The first-order chi connectivity index (χ1) is 20.1. The van der Waals surface area contributed by atoms with Crippen LogP contribution in [0, 0.1) is 5.41 Å². The minimum Gasteiger partial charge on any atom is -0.346 e. The van der Waals surface area contributed by atoms with Crippen LogP contribution in [0.1, 0.15) is 64.4 Å². The number of aliphatic imine (C=N–C) groups is 1. The number of carbonyl (C=O) groups excluding carboxylic acids is 2. The van der Waals surface area contributed by atoms with E-state index in [0.717, 1.165) is 34.6 Å². The average Bonchev–Trinajstić information content (AvgIpc) is 3.40. The molecule has 0 unspecified atom stereocenters. The van der Waals surface area contributed by atoms with Crippen LogP contribution in [0.25, 0.3) is 11.3 Å². The fraction of sp³-hybridized carbons (Fsp3) is 0.364. The van der Waals surface area contributed by atoms with E-state index in [-0.39, 0.29) is 17.1 Å². The molecule has 1 aliphatic heterocycles. The Hall–Kier alpha value is -4.04. The molecular weight excluding hydrogens is 548 g/mol. The number of hydrogen-bond donors (Lipinski definition) is 1. The van der Waals surface area contributed by atoms with Gasteiger partial charge in [-0.15, -0.1) is 0 Å². The minimum atomic E-state index is -0.223. The van der Waals surface area contributed by atoms with E-state index in [1.165, 1.54) is 6.34 Å². The van der Waals surface area contributed by atoms with E-state index < -0.39 is 0 Å². The highest BCUT2D eigenvalue weighted by Crippen LogP contribution is 2.33. The van der Waals surface area contributed by atoms with Crippen molar-refractivity contribution in [3.8, 4) is 11.3 Å². The second-order valence-electron chi connectivity index (χ2n) is 11.4. The van der Waals surface area contributed by atoms with Crippen LogP contribution >= 0.6 is 11.6 Å². The summed E-state index contributed by atoms with van der Waals surface area (Å²) < 4.78 is 1.84. The number of carbonyl (C=O) groups is 2. The molecule has 1 N–H and O–H groups in total. The van der Waals surface area contributed by atoms with Gasteiger partial charge < -0.3 is 10.2 Å². The lowest BCUT2D eigenvalue weighted by Gasteiger charge is -2.29. The summed E-state index contributed by atoms with van der Waals surface area (Å²) >= 11 is 6.07. The summed E-state index contributed by atoms with van der Waals surface area (Å²) in [5, 5.41) is 8.04. The molecule has 42 heavy (non-hydrogen) atoms. The smallest absolute Gasteiger partial charge is 0.272 e. The van der Waals surface area contributed by atoms with Gasteiger partial charge in [0, 0.05) is 42.1 Å². The van der Waals surface area contributed by atoms with Crippen LogP contribution in [-0.4, -0.2) is 50.8 Å². The molecule has 0 atom stereocenters. The summed E-state index contributed by atoms with van der Waals surface area (Å²) in [6.45, 7) is 12.0. The van der Waals surface area contributed by atoms with Gasteiger partial charge in [0.2, 0.25) is 5.78 Å². The van der Waals surface area contributed by atoms with Gasteiger partial charge in [-0.2, -0.15) is 5.10 Å². The normalized spacial score (nSPS) is 16.8. The largest absolute Gasteiger partial charge is 0.346 e. The number of benzene rings is 1. The maximum absolute atomic E-state index is 13.6. The maximum atomic E-state index is 13.6. The van der Waals surface area contributed by atoms with E-state index in [4.69, 9.17) is 11.6 Å². The molecule has 0 radical (unpaired) electrons. The first-order valence-corrected chi connectivity index (χ1v) is 14.7. The topological polar surface area (TPSA) is 92.5 Å². The van der Waals surface area contributed by atoms with Crippen LogP contribution < -0.4 is 5.32 Å². The first kappa shape index (κ1) is 30.9. The average molecular weight is 587 g/mol. The van der Waals surface area contributed by atoms with Gasteiger partial charge in [-0.3, -0.25) is 14.3 Å². The molecule has 3 aromatic rings. The molecule has 2 aromatic heterocycles. The lowest BCUT2D eigenvalue weighted by atomic mass is 9.85. The standard InChI is InChI=1S/C33H39ClN6O2/c1-6-23(3)31(36-22-35-27-11-8-10-26(34)17-27)30(41)16-24-14-15-39(21-33(4,5)18-24)32(42)29-13-9-12-28(38-29)25-19-37-40(7-2)20-25/h8-13,16-17,19-20,22H,6-7,14-15,18,21H2,1-5H3,(H,35,36)/b24-16+,31-23+. The van der Waals surface area contributed by atoms with Gasteiger partial charge in [-0.25, -0.2) is 9.98 Å². The van der Waals surface area contributed by atoms with Gasteiger partial charge in [0.1, 0.15) is 11.4 Å². The molecule has 1 aromatic carbocycles. The second-order valence-corrected chi connectivity index (χ2v) is 11.8. The molecule has 0 spiro atoms. The van der Waals surface area contributed by atoms with Crippen molar-refractivity contribution in [1.82, 2.24) is 19.7 Å². The first-order valence-electron chi connectivity index (χ1n) is 14.4. The van der Waals surface area contributed by atoms with E-state index in [1.807, 2.05) is 60.8 Å². The number of rotatable bonds is 9. The lowest BCUT2D eigenvalue weighted by molar-refractivity contribution is -0.111. The van der Waals surface area contributed by atoms with E-state index >= 15 is 0 Å². The number of pyridine rings is 1. The summed E-state index contributed by atoms with van der Waals surface area (Å²) in [4.78, 5) is 38.1. The molecule has 9 heteroatoms. The second kappa shape index (κ2) is 13.7. The Morgan fingerprint density at radius 1 is 1.17 bits per heavy atom. The van der Waals surface area contributed by atoms with Crippen LogP contribution in [0.4, 0.5) is 5.69 Å². The summed E-state index contributed by atoms with van der Waals surface area (Å²) in [5.41, 5.74) is 4.90. The van der Waals surface area contributed by atoms with Crippen molar-refractivity contribution >= 4 is 35.3 Å². The monoisotopic (exact) mass is 586 g/mol. The van der Waals surface area contributed by atoms with Gasteiger partial charge in [0.15, 0.2) is 0 Å². The van der Waals surface area contributed by atoms with Gasteiger partial charge >= 0.3 is 0 Å². The van der Waals surface area contributed by atoms with Crippen LogP contribution in [-0.2, 0) is 11.3 Å². The van der Waals surface area contributed by atoms with Crippen molar-refractivity contribution in [3.63, 3.8) is 0 Å². The Morgan fingerprint density at radius 2 is 1.95 bits per heavy atom. The lowest BCUT2D eigenvalue weighted by Crippen LogP contribution is -2.38. The van der Waals surface area contributed by atoms with Gasteiger partial charge in [-0.05, 0) is 80.5 Å². The Kier molecular flexibility index (Phi) is 10.1. The highest BCUT2D eigenvalue weighted by molar-refractivity contribution is 6.30. The minimum absolute atomic E-state index is 0.112. The Labute approximate surface area is 253 Å². The number of nitrogens with zero attached hydrogens (tertiary/aromatic N) is 5. The number of likely N-dealkylation sites (tertiary alicyclic amines) is 1. The Bertz CT molecular complexity index is 1530. The number of allylic oxidation sites excluding steroid dienone is 2. The summed E-state index contributed by atoms with van der Waals surface area (Å²) in [7, 11) is 0. The maximum Gasteiger partial charge on any atom is 0.272 e. The number of aryl methyl sites for hydroxylation is 1. The zero-order chi connectivity index (χ0) is 30.3. The van der Waals surface area contributed by atoms with Gasteiger partial charge in [0.05, 0.1) is 18.2 Å². The molecule has 0 saturated carbocycles. The molecule has 8 nitrogen and oxygen atoms in total. The molecule has 0 aliphatic carbocycles. The van der Waals surface area contributed by atoms with Crippen LogP contribution in [0.5, 0.6) is 0 Å². The number of hydrogen-bond acceptors (Lipinski definition) is 5. The van der Waals surface area contributed by atoms with Gasteiger partial charge in [-0.1, -0.05) is 50.1 Å². The number of ketones is 1. The summed E-state index contributed by atoms with van der Waals surface area (Å²) in [5.74, 6) is -0.245.